The van der Waals surface area contributed by atoms with E-state index in [-0.39, 0.29) is 18.8 Å². The number of methoxy groups -OCH3 is 1. The van der Waals surface area contributed by atoms with Gasteiger partial charge < -0.3 is 49.8 Å². The average molecular weight is 692 g/mol. The molecule has 3 aliphatic heterocycles. The second-order valence-electron chi connectivity index (χ2n) is 15.7. The zero-order valence-electron chi connectivity index (χ0n) is 31.1. The molecule has 3 rings (SSSR count). The van der Waals surface area contributed by atoms with E-state index in [2.05, 4.69) is 0 Å². The summed E-state index contributed by atoms with van der Waals surface area (Å²) >= 11 is 0. The van der Waals surface area contributed by atoms with Crippen molar-refractivity contribution in [2.75, 3.05) is 7.11 Å². The van der Waals surface area contributed by atoms with Gasteiger partial charge in [0.05, 0.1) is 53.7 Å². The highest BCUT2D eigenvalue weighted by Gasteiger charge is 2.58. The highest BCUT2D eigenvalue weighted by atomic mass is 17.2. The lowest BCUT2D eigenvalue weighted by Gasteiger charge is -2.46. The first-order valence-electron chi connectivity index (χ1n) is 17.7. The van der Waals surface area contributed by atoms with Gasteiger partial charge in [0, 0.05) is 31.4 Å². The summed E-state index contributed by atoms with van der Waals surface area (Å²) < 4.78 is 31.5. The Hall–Kier alpha value is -0.970. The maximum absolute atomic E-state index is 14.1. The zero-order valence-corrected chi connectivity index (χ0v) is 31.1. The molecule has 13 nitrogen and oxygen atoms in total. The van der Waals surface area contributed by atoms with Crippen LogP contribution < -0.4 is 5.73 Å². The van der Waals surface area contributed by atoms with Crippen LogP contribution in [0.15, 0.2) is 0 Å². The second-order valence-corrected chi connectivity index (χ2v) is 15.7. The Kier molecular flexibility index (Phi) is 13.9. The quantitative estimate of drug-likeness (QED) is 0.114. The minimum Gasteiger partial charge on any atom is -0.459 e. The molecule has 0 aromatic rings. The third-order valence-electron chi connectivity index (χ3n) is 11.4. The number of nitrogens with two attached hydrogens (primary N) is 1. The molecule has 3 saturated heterocycles. The van der Waals surface area contributed by atoms with Crippen LogP contribution in [0.5, 0.6) is 0 Å². The van der Waals surface area contributed by atoms with Crippen LogP contribution in [0.1, 0.15) is 102 Å². The minimum atomic E-state index is -1.78. The molecule has 0 radical (unpaired) electrons. The summed E-state index contributed by atoms with van der Waals surface area (Å²) in [6.07, 6.45) is -6.73. The largest absolute Gasteiger partial charge is 0.459 e. The van der Waals surface area contributed by atoms with E-state index in [9.17, 15) is 25.2 Å². The van der Waals surface area contributed by atoms with Crippen molar-refractivity contribution >= 4 is 5.97 Å². The molecule has 0 spiro atoms. The van der Waals surface area contributed by atoms with Crippen LogP contribution in [0.3, 0.4) is 0 Å². The first kappa shape index (κ1) is 41.5. The number of carbonyl (C=O) groups is 1. The molecular formula is C35H65NO12. The van der Waals surface area contributed by atoms with Crippen molar-refractivity contribution in [3.05, 3.63) is 0 Å². The molecule has 2 bridgehead atoms. The van der Waals surface area contributed by atoms with Crippen LogP contribution >= 0.6 is 0 Å². The second kappa shape index (κ2) is 16.1. The molecule has 3 fully saturated rings. The average Bonchev–Trinajstić information content (AvgIpc) is 3.33. The van der Waals surface area contributed by atoms with Gasteiger partial charge in [-0.15, -0.1) is 0 Å². The lowest BCUT2D eigenvalue weighted by atomic mass is 9.76. The van der Waals surface area contributed by atoms with Gasteiger partial charge in [-0.3, -0.25) is 4.79 Å². The smallest absolute Gasteiger partial charge is 0.311 e. The molecule has 18 atom stereocenters. The van der Waals surface area contributed by atoms with Crippen LogP contribution in [0.2, 0.25) is 0 Å². The maximum Gasteiger partial charge on any atom is 0.311 e. The van der Waals surface area contributed by atoms with E-state index >= 15 is 0 Å². The maximum atomic E-state index is 14.1. The molecule has 48 heavy (non-hydrogen) atoms. The summed E-state index contributed by atoms with van der Waals surface area (Å²) in [5.41, 5.74) is 2.40. The Bertz CT molecular complexity index is 1050. The van der Waals surface area contributed by atoms with Gasteiger partial charge >= 0.3 is 5.97 Å². The lowest BCUT2D eigenvalue weighted by Crippen LogP contribution is -2.58. The SMILES string of the molecule is CC[C@@H](O)[C@@](C)(O)[C@@H]1OC(=O)[C@H](C)[C@@H](O[C@H]2CC(C)(OC)[C@@H](O)C(C)O2)[C@H](C)[C@@H](OOC(C)CC(N)C(C)O)[C@@]2(C)CC(C)C(O2)[C@@H]1C. The minimum absolute atomic E-state index is 0.0530. The van der Waals surface area contributed by atoms with Gasteiger partial charge in [0.25, 0.3) is 0 Å². The van der Waals surface area contributed by atoms with E-state index in [0.717, 1.165) is 0 Å². The number of hydrogen-bond acceptors (Lipinski definition) is 13. The Balaban J connectivity index is 2.10. The summed E-state index contributed by atoms with van der Waals surface area (Å²) in [6.45, 7) is 19.6. The van der Waals surface area contributed by atoms with Crippen molar-refractivity contribution in [3.8, 4) is 0 Å². The number of fused-ring (bicyclic) bond motifs is 2. The van der Waals surface area contributed by atoms with E-state index in [1.54, 1.807) is 41.5 Å². The molecule has 0 saturated carbocycles. The van der Waals surface area contributed by atoms with E-state index < -0.39 is 108 Å². The number of aliphatic hydroxyl groups excluding tert-OH is 3. The predicted molar refractivity (Wildman–Crippen MR) is 176 cm³/mol. The van der Waals surface area contributed by atoms with Crippen LogP contribution in [-0.2, 0) is 38.3 Å². The van der Waals surface area contributed by atoms with Crippen molar-refractivity contribution in [2.24, 2.45) is 29.4 Å². The van der Waals surface area contributed by atoms with Gasteiger partial charge in [-0.2, -0.15) is 0 Å². The van der Waals surface area contributed by atoms with Gasteiger partial charge in [-0.1, -0.05) is 27.7 Å². The monoisotopic (exact) mass is 691 g/mol. The van der Waals surface area contributed by atoms with Crippen LogP contribution in [0.25, 0.3) is 0 Å². The van der Waals surface area contributed by atoms with Crippen molar-refractivity contribution in [2.45, 2.75) is 186 Å². The number of carbonyl (C=O) groups excluding carboxylic acids is 1. The van der Waals surface area contributed by atoms with Crippen molar-refractivity contribution in [1.29, 1.82) is 0 Å². The zero-order chi connectivity index (χ0) is 36.5. The van der Waals surface area contributed by atoms with Crippen LogP contribution in [0.4, 0.5) is 0 Å². The number of rotatable bonds is 12. The fraction of sp³-hybridized carbons (Fsp3) is 0.971. The molecule has 3 aliphatic rings. The number of esters is 1. The van der Waals surface area contributed by atoms with Crippen LogP contribution in [0, 0.1) is 23.7 Å². The molecule has 0 aromatic heterocycles. The van der Waals surface area contributed by atoms with Gasteiger partial charge in [0.2, 0.25) is 0 Å². The third-order valence-corrected chi connectivity index (χ3v) is 11.4. The summed E-state index contributed by atoms with van der Waals surface area (Å²) in [7, 11) is 1.52. The Morgan fingerprint density at radius 1 is 1.08 bits per heavy atom. The van der Waals surface area contributed by atoms with Gasteiger partial charge in [0.1, 0.15) is 23.9 Å². The van der Waals surface area contributed by atoms with Gasteiger partial charge in [-0.05, 0) is 73.6 Å². The third kappa shape index (κ3) is 8.72. The van der Waals surface area contributed by atoms with Gasteiger partial charge in [0.15, 0.2) is 6.29 Å². The molecule has 13 heteroatoms. The Morgan fingerprint density at radius 3 is 2.27 bits per heavy atom. The molecule has 7 unspecified atom stereocenters. The van der Waals surface area contributed by atoms with Crippen molar-refractivity contribution in [3.63, 3.8) is 0 Å². The molecule has 6 N–H and O–H groups in total. The first-order valence-corrected chi connectivity index (χ1v) is 17.7. The first-order chi connectivity index (χ1) is 22.1. The van der Waals surface area contributed by atoms with Gasteiger partial charge in [-0.25, -0.2) is 9.78 Å². The predicted octanol–water partition coefficient (Wildman–Crippen LogP) is 2.62. The molecule has 0 aliphatic carbocycles. The van der Waals surface area contributed by atoms with E-state index in [1.165, 1.54) is 14.0 Å². The highest BCUT2D eigenvalue weighted by molar-refractivity contribution is 5.73. The summed E-state index contributed by atoms with van der Waals surface area (Å²) in [5, 5.41) is 43.4. The summed E-state index contributed by atoms with van der Waals surface area (Å²) in [5.74, 6) is -2.67. The Labute approximate surface area is 287 Å². The number of hydrogen-bond donors (Lipinski definition) is 5. The standard InChI is InChI=1S/C35H65NO12/c1-13-25(38)35(11,41)31-19(4)27-17(2)15-34(10,46-27)30(48-47-18(3)14-24(36)22(7)37)20(5)28(21(6)32(40)45-31)44-26-16-33(9,42-12)29(39)23(8)43-26/h17-31,37-39,41H,13-16,36H2,1-12H3/t17?,18?,19-,20-,21+,22?,23?,24?,25+,26-,27?,28-,29-,30+,31+,33?,34+,35+/m0/s1. The van der Waals surface area contributed by atoms with E-state index in [1.807, 2.05) is 27.7 Å². The summed E-state index contributed by atoms with van der Waals surface area (Å²) in [6, 6.07) is -0.526. The van der Waals surface area contributed by atoms with Crippen LogP contribution in [-0.4, -0.2) is 118 Å². The summed E-state index contributed by atoms with van der Waals surface area (Å²) in [4.78, 5) is 26.4. The lowest BCUT2D eigenvalue weighted by molar-refractivity contribution is -0.389. The molecule has 0 aromatic carbocycles. The fourth-order valence-electron chi connectivity index (χ4n) is 8.10. The number of aliphatic hydroxyl groups is 4. The molecule has 282 valence electrons. The number of ether oxygens (including phenoxy) is 5. The van der Waals surface area contributed by atoms with Crippen molar-refractivity contribution in [1.82, 2.24) is 0 Å². The topological polar surface area (TPSA) is 189 Å². The van der Waals surface area contributed by atoms with E-state index in [0.29, 0.717) is 12.8 Å². The van der Waals surface area contributed by atoms with Crippen molar-refractivity contribution < 1.29 is 58.7 Å². The number of cyclic esters (lactones) is 1. The molecule has 0 amide bonds. The van der Waals surface area contributed by atoms with E-state index in [4.69, 9.17) is 39.2 Å². The molecular weight excluding hydrogens is 626 g/mol. The molecule has 3 heterocycles. The Morgan fingerprint density at radius 2 is 1.71 bits per heavy atom. The fourth-order valence-corrected chi connectivity index (χ4v) is 8.10. The normalized spacial score (nSPS) is 44.9. The highest BCUT2D eigenvalue weighted by Crippen LogP contribution is 2.48.